The quantitative estimate of drug-likeness (QED) is 0.833. The fourth-order valence-electron chi connectivity index (χ4n) is 4.82. The highest BCUT2D eigenvalue weighted by Gasteiger charge is 2.52. The van der Waals surface area contributed by atoms with Crippen molar-refractivity contribution in [1.29, 1.82) is 0 Å². The maximum Gasteiger partial charge on any atom is 0.417 e. The van der Waals surface area contributed by atoms with Crippen molar-refractivity contribution in [3.63, 3.8) is 0 Å². The fraction of sp³-hybridized carbons (Fsp3) is 0.435. The topological polar surface area (TPSA) is 44.8 Å². The van der Waals surface area contributed by atoms with Gasteiger partial charge >= 0.3 is 6.09 Å². The Labute approximate surface area is 167 Å². The minimum Gasteiger partial charge on any atom is -0.410 e. The third-order valence-corrected chi connectivity index (χ3v) is 6.34. The summed E-state index contributed by atoms with van der Waals surface area (Å²) in [5.74, 6) is 1.05. The second-order valence-electron chi connectivity index (χ2n) is 8.60. The van der Waals surface area contributed by atoms with Crippen molar-refractivity contribution in [2.24, 2.45) is 0 Å². The third-order valence-electron chi connectivity index (χ3n) is 6.34. The van der Waals surface area contributed by atoms with Crippen LogP contribution in [0.4, 0.5) is 16.2 Å². The van der Waals surface area contributed by atoms with E-state index in [0.29, 0.717) is 17.8 Å². The molecule has 1 fully saturated rings. The number of benzene rings is 2. The van der Waals surface area contributed by atoms with Gasteiger partial charge < -0.3 is 9.64 Å². The number of amides is 1. The van der Waals surface area contributed by atoms with Crippen molar-refractivity contribution in [3.8, 4) is 5.75 Å². The molecule has 2 aliphatic rings. The zero-order valence-corrected chi connectivity index (χ0v) is 17.3. The Morgan fingerprint density at radius 1 is 1.18 bits per heavy atom. The van der Waals surface area contributed by atoms with E-state index in [-0.39, 0.29) is 5.41 Å². The van der Waals surface area contributed by atoms with Crippen LogP contribution in [0, 0.1) is 0 Å². The van der Waals surface area contributed by atoms with Gasteiger partial charge in [0.25, 0.3) is 0 Å². The van der Waals surface area contributed by atoms with Gasteiger partial charge in [-0.2, -0.15) is 0 Å². The number of carbonyl (C=O) groups excluding carboxylic acids is 1. The van der Waals surface area contributed by atoms with Crippen molar-refractivity contribution in [2.75, 3.05) is 30.9 Å². The lowest BCUT2D eigenvalue weighted by Gasteiger charge is -2.32. The van der Waals surface area contributed by atoms with Gasteiger partial charge in [0.15, 0.2) is 0 Å². The highest BCUT2D eigenvalue weighted by atomic mass is 16.6. The standard InChI is InChI=1S/C23H29N3O2/c1-15(2)16-6-8-17(9-7-16)24-22(27)28-18-10-11-20-19(14-18)23(3)12-13-25(4)21(23)26(20)5/h6-11,14-15,21H,12-13H2,1-5H3,(H,24,27). The van der Waals surface area contributed by atoms with Crippen LogP contribution in [-0.4, -0.2) is 37.8 Å². The highest BCUT2D eigenvalue weighted by Crippen LogP contribution is 2.51. The van der Waals surface area contributed by atoms with Gasteiger partial charge in [-0.3, -0.25) is 10.2 Å². The molecule has 1 saturated heterocycles. The van der Waals surface area contributed by atoms with Gasteiger partial charge in [0.2, 0.25) is 0 Å². The summed E-state index contributed by atoms with van der Waals surface area (Å²) in [5, 5.41) is 2.82. The Kier molecular flexibility index (Phi) is 4.58. The van der Waals surface area contributed by atoms with Crippen LogP contribution in [0.1, 0.15) is 44.2 Å². The predicted octanol–water partition coefficient (Wildman–Crippen LogP) is 4.79. The summed E-state index contributed by atoms with van der Waals surface area (Å²) in [6.07, 6.45) is 0.989. The van der Waals surface area contributed by atoms with Crippen molar-refractivity contribution < 1.29 is 9.53 Å². The molecular weight excluding hydrogens is 350 g/mol. The summed E-state index contributed by atoms with van der Waals surface area (Å²) in [6, 6.07) is 13.9. The van der Waals surface area contributed by atoms with Crippen molar-refractivity contribution in [3.05, 3.63) is 53.6 Å². The van der Waals surface area contributed by atoms with Gasteiger partial charge in [-0.1, -0.05) is 32.9 Å². The molecule has 148 valence electrons. The van der Waals surface area contributed by atoms with E-state index in [1.807, 2.05) is 36.4 Å². The van der Waals surface area contributed by atoms with Crippen molar-refractivity contribution in [2.45, 2.75) is 44.7 Å². The monoisotopic (exact) mass is 379 g/mol. The maximum atomic E-state index is 12.4. The average molecular weight is 380 g/mol. The highest BCUT2D eigenvalue weighted by molar-refractivity contribution is 5.86. The largest absolute Gasteiger partial charge is 0.417 e. The van der Waals surface area contributed by atoms with Crippen LogP contribution >= 0.6 is 0 Å². The van der Waals surface area contributed by atoms with Crippen LogP contribution in [-0.2, 0) is 5.41 Å². The molecule has 0 radical (unpaired) electrons. The van der Waals surface area contributed by atoms with Crippen LogP contribution in [0.25, 0.3) is 0 Å². The molecule has 1 amide bonds. The molecule has 2 unspecified atom stereocenters. The number of ether oxygens (including phenoxy) is 1. The Balaban J connectivity index is 1.49. The molecule has 0 aromatic heterocycles. The molecule has 28 heavy (non-hydrogen) atoms. The minimum absolute atomic E-state index is 0.0569. The number of likely N-dealkylation sites (N-methyl/N-ethyl adjacent to an activating group) is 2. The average Bonchev–Trinajstić information content (AvgIpc) is 3.07. The Morgan fingerprint density at radius 3 is 2.57 bits per heavy atom. The predicted molar refractivity (Wildman–Crippen MR) is 113 cm³/mol. The number of rotatable bonds is 3. The summed E-state index contributed by atoms with van der Waals surface area (Å²) >= 11 is 0. The molecule has 2 aliphatic heterocycles. The van der Waals surface area contributed by atoms with E-state index in [2.05, 4.69) is 56.0 Å². The molecule has 2 aromatic carbocycles. The molecule has 0 spiro atoms. The van der Waals surface area contributed by atoms with Gasteiger partial charge in [0.05, 0.1) is 6.17 Å². The number of likely N-dealkylation sites (tertiary alicyclic amines) is 1. The summed E-state index contributed by atoms with van der Waals surface area (Å²) in [7, 11) is 4.32. The van der Waals surface area contributed by atoms with Crippen LogP contribution in [0.2, 0.25) is 0 Å². The van der Waals surface area contributed by atoms with Crippen molar-refractivity contribution >= 4 is 17.5 Å². The second-order valence-corrected chi connectivity index (χ2v) is 8.60. The molecule has 4 rings (SSSR count). The first-order valence-corrected chi connectivity index (χ1v) is 9.96. The zero-order chi connectivity index (χ0) is 20.1. The van der Waals surface area contributed by atoms with Gasteiger partial charge in [0, 0.05) is 30.4 Å². The van der Waals surface area contributed by atoms with Crippen molar-refractivity contribution in [1.82, 2.24) is 4.90 Å². The molecule has 2 heterocycles. The lowest BCUT2D eigenvalue weighted by atomic mass is 9.81. The van der Waals surface area contributed by atoms with Gasteiger partial charge in [0.1, 0.15) is 5.75 Å². The van der Waals surface area contributed by atoms with E-state index in [0.717, 1.165) is 18.7 Å². The van der Waals surface area contributed by atoms with E-state index < -0.39 is 6.09 Å². The normalized spacial score (nSPS) is 23.6. The van der Waals surface area contributed by atoms with E-state index in [9.17, 15) is 4.79 Å². The first-order chi connectivity index (χ1) is 13.3. The Hall–Kier alpha value is -2.53. The molecular formula is C23H29N3O2. The lowest BCUT2D eigenvalue weighted by Crippen LogP contribution is -2.45. The first kappa shape index (κ1) is 18.8. The number of carbonyl (C=O) groups is 1. The third kappa shape index (κ3) is 3.04. The van der Waals surface area contributed by atoms with Crippen LogP contribution in [0.5, 0.6) is 5.75 Å². The van der Waals surface area contributed by atoms with Gasteiger partial charge in [-0.25, -0.2) is 4.79 Å². The molecule has 2 aromatic rings. The summed E-state index contributed by atoms with van der Waals surface area (Å²) in [4.78, 5) is 17.1. The summed E-state index contributed by atoms with van der Waals surface area (Å²) in [5.41, 5.74) is 4.51. The molecule has 5 nitrogen and oxygen atoms in total. The summed E-state index contributed by atoms with van der Waals surface area (Å²) in [6.45, 7) is 7.68. The van der Waals surface area contributed by atoms with Crippen LogP contribution in [0.3, 0.4) is 0 Å². The lowest BCUT2D eigenvalue weighted by molar-refractivity contribution is 0.215. The van der Waals surface area contributed by atoms with Gasteiger partial charge in [-0.15, -0.1) is 0 Å². The van der Waals surface area contributed by atoms with Crippen LogP contribution < -0.4 is 15.0 Å². The number of anilines is 2. The van der Waals surface area contributed by atoms with E-state index >= 15 is 0 Å². The minimum atomic E-state index is -0.464. The number of nitrogens with zero attached hydrogens (tertiary/aromatic N) is 2. The maximum absolute atomic E-state index is 12.4. The second kappa shape index (κ2) is 6.82. The Bertz CT molecular complexity index is 893. The molecule has 0 saturated carbocycles. The first-order valence-electron chi connectivity index (χ1n) is 9.96. The smallest absolute Gasteiger partial charge is 0.410 e. The number of nitrogens with one attached hydrogen (secondary N) is 1. The van der Waals surface area contributed by atoms with Gasteiger partial charge in [-0.05, 0) is 60.8 Å². The SMILES string of the molecule is CC(C)c1ccc(NC(=O)Oc2ccc3c(c2)C2(C)CCN(C)C2N3C)cc1. The Morgan fingerprint density at radius 2 is 1.89 bits per heavy atom. The van der Waals surface area contributed by atoms with E-state index in [1.54, 1.807) is 0 Å². The molecule has 1 N–H and O–H groups in total. The van der Waals surface area contributed by atoms with E-state index in [4.69, 9.17) is 4.74 Å². The summed E-state index contributed by atoms with van der Waals surface area (Å²) < 4.78 is 5.59. The van der Waals surface area contributed by atoms with Crippen LogP contribution in [0.15, 0.2) is 42.5 Å². The van der Waals surface area contributed by atoms with E-state index in [1.165, 1.54) is 16.8 Å². The fourth-order valence-corrected chi connectivity index (χ4v) is 4.82. The molecule has 0 bridgehead atoms. The molecule has 0 aliphatic carbocycles. The number of fused-ring (bicyclic) bond motifs is 3. The number of hydrogen-bond donors (Lipinski definition) is 1. The molecule has 5 heteroatoms. The molecule has 2 atom stereocenters. The zero-order valence-electron chi connectivity index (χ0n) is 17.3. The number of hydrogen-bond acceptors (Lipinski definition) is 4.